The SMILES string of the molecule is CC1(CNc2c(F)c(F)nc(F)c2F)CCCCC1. The Balaban J connectivity index is 2.15. The molecule has 6 heteroatoms. The smallest absolute Gasteiger partial charge is 0.253 e. The van der Waals surface area contributed by atoms with Crippen LogP contribution in [-0.4, -0.2) is 11.5 Å². The summed E-state index contributed by atoms with van der Waals surface area (Å²) in [5, 5.41) is 2.50. The van der Waals surface area contributed by atoms with Gasteiger partial charge < -0.3 is 5.32 Å². The number of nitrogens with zero attached hydrogens (tertiary/aromatic N) is 1. The summed E-state index contributed by atoms with van der Waals surface area (Å²) < 4.78 is 52.7. The normalized spacial score (nSPS) is 18.4. The maximum absolute atomic E-state index is 13.4. The van der Waals surface area contributed by atoms with Crippen LogP contribution in [-0.2, 0) is 0 Å². The van der Waals surface area contributed by atoms with E-state index in [1.54, 1.807) is 0 Å². The zero-order valence-corrected chi connectivity index (χ0v) is 10.7. The Labute approximate surface area is 109 Å². The third kappa shape index (κ3) is 2.98. The van der Waals surface area contributed by atoms with Gasteiger partial charge in [0.2, 0.25) is 11.6 Å². The lowest BCUT2D eigenvalue weighted by atomic mass is 9.76. The maximum Gasteiger partial charge on any atom is 0.253 e. The molecule has 2 rings (SSSR count). The van der Waals surface area contributed by atoms with Crippen LogP contribution in [0, 0.1) is 28.9 Å². The molecular formula is C13H16F4N2. The van der Waals surface area contributed by atoms with E-state index in [1.807, 2.05) is 6.92 Å². The summed E-state index contributed by atoms with van der Waals surface area (Å²) >= 11 is 0. The number of aromatic nitrogens is 1. The Kier molecular flexibility index (Phi) is 3.96. The first-order valence-corrected chi connectivity index (χ1v) is 6.37. The van der Waals surface area contributed by atoms with Crippen molar-refractivity contribution in [1.82, 2.24) is 4.98 Å². The second-order valence-electron chi connectivity index (χ2n) is 5.42. The van der Waals surface area contributed by atoms with E-state index in [-0.39, 0.29) is 12.0 Å². The molecule has 19 heavy (non-hydrogen) atoms. The minimum atomic E-state index is -1.63. The third-order valence-corrected chi connectivity index (χ3v) is 3.75. The highest BCUT2D eigenvalue weighted by Gasteiger charge is 2.28. The van der Waals surface area contributed by atoms with Crippen LogP contribution >= 0.6 is 0 Å². The number of pyridine rings is 1. The molecule has 0 spiro atoms. The summed E-state index contributed by atoms with van der Waals surface area (Å²) in [4.78, 5) is 2.52. The molecule has 106 valence electrons. The molecule has 1 N–H and O–H groups in total. The predicted octanol–water partition coefficient (Wildman–Crippen LogP) is 4.02. The molecular weight excluding hydrogens is 260 g/mol. The molecule has 2 nitrogen and oxygen atoms in total. The van der Waals surface area contributed by atoms with Gasteiger partial charge in [-0.2, -0.15) is 22.5 Å². The van der Waals surface area contributed by atoms with Crippen molar-refractivity contribution in [2.75, 3.05) is 11.9 Å². The van der Waals surface area contributed by atoms with E-state index in [0.29, 0.717) is 0 Å². The van der Waals surface area contributed by atoms with Gasteiger partial charge in [0.05, 0.1) is 0 Å². The second kappa shape index (κ2) is 5.35. The highest BCUT2D eigenvalue weighted by molar-refractivity contribution is 5.45. The largest absolute Gasteiger partial charge is 0.379 e. The van der Waals surface area contributed by atoms with Gasteiger partial charge in [0, 0.05) is 6.54 Å². The van der Waals surface area contributed by atoms with Crippen molar-refractivity contribution in [2.24, 2.45) is 5.41 Å². The number of rotatable bonds is 3. The van der Waals surface area contributed by atoms with E-state index in [0.717, 1.165) is 32.1 Å². The summed E-state index contributed by atoms with van der Waals surface area (Å²) in [5.41, 5.74) is -0.871. The number of halogens is 4. The summed E-state index contributed by atoms with van der Waals surface area (Å²) in [6.07, 6.45) is 5.12. The molecule has 1 saturated carbocycles. The van der Waals surface area contributed by atoms with Crippen LogP contribution in [0.1, 0.15) is 39.0 Å². The predicted molar refractivity (Wildman–Crippen MR) is 63.8 cm³/mol. The molecule has 1 aromatic heterocycles. The Morgan fingerprint density at radius 3 is 2.05 bits per heavy atom. The zero-order chi connectivity index (χ0) is 14.0. The quantitative estimate of drug-likeness (QED) is 0.666. The highest BCUT2D eigenvalue weighted by Crippen LogP contribution is 2.36. The fourth-order valence-corrected chi connectivity index (χ4v) is 2.53. The Hall–Kier alpha value is -1.33. The fraction of sp³-hybridized carbons (Fsp3) is 0.615. The standard InChI is InChI=1S/C13H16F4N2/c1-13(5-3-2-4-6-13)7-18-10-8(14)11(16)19-12(17)9(10)15/h2-7H2,1H3,(H,18,19). The molecule has 0 aromatic carbocycles. The van der Waals surface area contributed by atoms with Gasteiger partial charge >= 0.3 is 0 Å². The summed E-state index contributed by atoms with van der Waals surface area (Å²) in [5.74, 6) is -6.21. The van der Waals surface area contributed by atoms with Crippen LogP contribution in [0.25, 0.3) is 0 Å². The molecule has 1 heterocycles. The lowest BCUT2D eigenvalue weighted by Gasteiger charge is -2.34. The van der Waals surface area contributed by atoms with Gasteiger partial charge in [-0.25, -0.2) is 0 Å². The third-order valence-electron chi connectivity index (χ3n) is 3.75. The van der Waals surface area contributed by atoms with Crippen molar-refractivity contribution in [3.05, 3.63) is 23.5 Å². The van der Waals surface area contributed by atoms with Gasteiger partial charge in [0.1, 0.15) is 5.69 Å². The molecule has 0 unspecified atom stereocenters. The van der Waals surface area contributed by atoms with Gasteiger partial charge in [-0.3, -0.25) is 0 Å². The van der Waals surface area contributed by atoms with Gasteiger partial charge in [-0.15, -0.1) is 0 Å². The highest BCUT2D eigenvalue weighted by atomic mass is 19.2. The van der Waals surface area contributed by atoms with E-state index in [4.69, 9.17) is 0 Å². The number of nitrogens with one attached hydrogen (secondary N) is 1. The second-order valence-corrected chi connectivity index (χ2v) is 5.42. The molecule has 1 aliphatic rings. The maximum atomic E-state index is 13.4. The van der Waals surface area contributed by atoms with Gasteiger partial charge in [0.15, 0.2) is 0 Å². The molecule has 1 fully saturated rings. The van der Waals surface area contributed by atoms with E-state index >= 15 is 0 Å². The van der Waals surface area contributed by atoms with Gasteiger partial charge in [0.25, 0.3) is 11.9 Å². The molecule has 0 radical (unpaired) electrons. The monoisotopic (exact) mass is 276 g/mol. The van der Waals surface area contributed by atoms with E-state index in [9.17, 15) is 17.6 Å². The minimum Gasteiger partial charge on any atom is -0.379 e. The number of hydrogen-bond donors (Lipinski definition) is 1. The first-order valence-electron chi connectivity index (χ1n) is 6.37. The van der Waals surface area contributed by atoms with Crippen molar-refractivity contribution >= 4 is 5.69 Å². The molecule has 0 aliphatic heterocycles. The molecule has 0 saturated heterocycles. The summed E-state index contributed by atoms with van der Waals surface area (Å²) in [6.45, 7) is 2.28. The Morgan fingerprint density at radius 1 is 1.00 bits per heavy atom. The molecule has 0 atom stereocenters. The van der Waals surface area contributed by atoms with Crippen molar-refractivity contribution in [3.63, 3.8) is 0 Å². The fourth-order valence-electron chi connectivity index (χ4n) is 2.53. The van der Waals surface area contributed by atoms with Crippen molar-refractivity contribution < 1.29 is 17.6 Å². The van der Waals surface area contributed by atoms with Crippen LogP contribution in [0.15, 0.2) is 0 Å². The molecule has 1 aromatic rings. The summed E-state index contributed by atoms with van der Waals surface area (Å²) in [6, 6.07) is 0. The topological polar surface area (TPSA) is 24.9 Å². The average Bonchev–Trinajstić information content (AvgIpc) is 2.37. The van der Waals surface area contributed by atoms with Crippen molar-refractivity contribution in [2.45, 2.75) is 39.0 Å². The van der Waals surface area contributed by atoms with Crippen LogP contribution in [0.5, 0.6) is 0 Å². The minimum absolute atomic E-state index is 0.104. The molecule has 1 aliphatic carbocycles. The molecule has 0 bridgehead atoms. The number of hydrogen-bond acceptors (Lipinski definition) is 2. The lowest BCUT2D eigenvalue weighted by molar-refractivity contribution is 0.232. The van der Waals surface area contributed by atoms with Gasteiger partial charge in [-0.1, -0.05) is 26.2 Å². The van der Waals surface area contributed by atoms with Crippen LogP contribution in [0.2, 0.25) is 0 Å². The summed E-state index contributed by atoms with van der Waals surface area (Å²) in [7, 11) is 0. The Morgan fingerprint density at radius 2 is 1.53 bits per heavy atom. The van der Waals surface area contributed by atoms with E-state index in [1.165, 1.54) is 0 Å². The van der Waals surface area contributed by atoms with Crippen molar-refractivity contribution in [3.8, 4) is 0 Å². The van der Waals surface area contributed by atoms with Crippen LogP contribution in [0.3, 0.4) is 0 Å². The van der Waals surface area contributed by atoms with E-state index < -0.39 is 29.2 Å². The van der Waals surface area contributed by atoms with Crippen molar-refractivity contribution in [1.29, 1.82) is 0 Å². The average molecular weight is 276 g/mol. The first kappa shape index (κ1) is 14.1. The molecule has 0 amide bonds. The van der Waals surface area contributed by atoms with Gasteiger partial charge in [-0.05, 0) is 18.3 Å². The number of anilines is 1. The van der Waals surface area contributed by atoms with Crippen LogP contribution in [0.4, 0.5) is 23.2 Å². The van der Waals surface area contributed by atoms with Crippen LogP contribution < -0.4 is 5.32 Å². The van der Waals surface area contributed by atoms with E-state index in [2.05, 4.69) is 10.3 Å². The lowest BCUT2D eigenvalue weighted by Crippen LogP contribution is -2.29. The Bertz CT molecular complexity index is 444. The zero-order valence-electron chi connectivity index (χ0n) is 10.7. The first-order chi connectivity index (χ1) is 8.93.